The Morgan fingerprint density at radius 3 is 3.10 bits per heavy atom. The van der Waals surface area contributed by atoms with Crippen LogP contribution in [0.15, 0.2) is 0 Å². The molecule has 4 nitrogen and oxygen atoms in total. The van der Waals surface area contributed by atoms with E-state index in [1.54, 1.807) is 0 Å². The van der Waals surface area contributed by atoms with Crippen LogP contribution in [-0.2, 0) is 14.3 Å². The van der Waals surface area contributed by atoms with Crippen LogP contribution in [0.2, 0.25) is 0 Å². The molecule has 0 aromatic carbocycles. The van der Waals surface area contributed by atoms with Crippen LogP contribution in [0.5, 0.6) is 0 Å². The third-order valence-corrected chi connectivity index (χ3v) is 1.86. The second-order valence-corrected chi connectivity index (χ2v) is 2.60. The lowest BCUT2D eigenvalue weighted by atomic mass is 10.1. The molecule has 2 aliphatic rings. The number of aliphatic hydroxyl groups excluding tert-OH is 1. The number of rotatable bonds is 0. The molecule has 1 N–H and O–H groups in total. The SMILES string of the molecule is O=C1CC2OCC(O)C2O1. The number of hydrogen-bond acceptors (Lipinski definition) is 4. The van der Waals surface area contributed by atoms with Gasteiger partial charge in [0.1, 0.15) is 12.2 Å². The molecule has 0 saturated carbocycles. The summed E-state index contributed by atoms with van der Waals surface area (Å²) in [5, 5.41) is 9.11. The Morgan fingerprint density at radius 2 is 2.40 bits per heavy atom. The second-order valence-electron chi connectivity index (χ2n) is 2.60. The van der Waals surface area contributed by atoms with Gasteiger partial charge in [0.2, 0.25) is 0 Å². The van der Waals surface area contributed by atoms with Gasteiger partial charge < -0.3 is 14.6 Å². The average Bonchev–Trinajstić information content (AvgIpc) is 2.35. The predicted molar refractivity (Wildman–Crippen MR) is 30.2 cm³/mol. The molecule has 2 fully saturated rings. The quantitative estimate of drug-likeness (QED) is 0.446. The van der Waals surface area contributed by atoms with Crippen LogP contribution in [0.3, 0.4) is 0 Å². The van der Waals surface area contributed by atoms with Crippen LogP contribution < -0.4 is 0 Å². The first-order valence-corrected chi connectivity index (χ1v) is 3.26. The molecule has 0 aliphatic carbocycles. The van der Waals surface area contributed by atoms with Gasteiger partial charge in [0.25, 0.3) is 0 Å². The van der Waals surface area contributed by atoms with Crippen molar-refractivity contribution in [2.24, 2.45) is 0 Å². The fraction of sp³-hybridized carbons (Fsp3) is 0.833. The highest BCUT2D eigenvalue weighted by atomic mass is 16.6. The number of ether oxygens (including phenoxy) is 2. The van der Waals surface area contributed by atoms with Crippen LogP contribution >= 0.6 is 0 Å². The summed E-state index contributed by atoms with van der Waals surface area (Å²) in [6.07, 6.45) is -0.909. The minimum absolute atomic E-state index is 0.192. The van der Waals surface area contributed by atoms with E-state index >= 15 is 0 Å². The van der Waals surface area contributed by atoms with Gasteiger partial charge >= 0.3 is 5.97 Å². The molecule has 3 atom stereocenters. The normalized spacial score (nSPS) is 45.3. The number of fused-ring (bicyclic) bond motifs is 1. The van der Waals surface area contributed by atoms with E-state index in [0.717, 1.165) is 0 Å². The Balaban J connectivity index is 2.12. The van der Waals surface area contributed by atoms with Gasteiger partial charge in [0.15, 0.2) is 6.10 Å². The van der Waals surface area contributed by atoms with Crippen LogP contribution in [0.1, 0.15) is 6.42 Å². The Hall–Kier alpha value is -0.610. The molecule has 2 heterocycles. The maximum Gasteiger partial charge on any atom is 0.309 e. The summed E-state index contributed by atoms with van der Waals surface area (Å²) in [5.74, 6) is -0.270. The Bertz CT molecular complexity index is 167. The molecule has 2 aliphatic heterocycles. The number of hydrogen-bond donors (Lipinski definition) is 1. The van der Waals surface area contributed by atoms with Gasteiger partial charge in [-0.15, -0.1) is 0 Å². The van der Waals surface area contributed by atoms with Crippen LogP contribution in [-0.4, -0.2) is 36.0 Å². The van der Waals surface area contributed by atoms with E-state index < -0.39 is 12.2 Å². The van der Waals surface area contributed by atoms with Gasteiger partial charge in [-0.1, -0.05) is 0 Å². The molecule has 0 bridgehead atoms. The van der Waals surface area contributed by atoms with E-state index in [1.165, 1.54) is 0 Å². The molecule has 2 rings (SSSR count). The molecule has 0 radical (unpaired) electrons. The van der Waals surface area contributed by atoms with Crippen LogP contribution in [0, 0.1) is 0 Å². The number of carbonyl (C=O) groups excluding carboxylic acids is 1. The van der Waals surface area contributed by atoms with Gasteiger partial charge in [0.05, 0.1) is 13.0 Å². The van der Waals surface area contributed by atoms with Crippen LogP contribution in [0.25, 0.3) is 0 Å². The van der Waals surface area contributed by atoms with E-state index in [1.807, 2.05) is 0 Å². The molecule has 0 aromatic rings. The molecule has 56 valence electrons. The van der Waals surface area contributed by atoms with Gasteiger partial charge in [-0.2, -0.15) is 0 Å². The van der Waals surface area contributed by atoms with Crippen molar-refractivity contribution in [3.63, 3.8) is 0 Å². The minimum atomic E-state index is -0.614. The Kier molecular flexibility index (Phi) is 1.18. The first-order chi connectivity index (χ1) is 4.77. The minimum Gasteiger partial charge on any atom is -0.457 e. The highest BCUT2D eigenvalue weighted by Gasteiger charge is 2.45. The highest BCUT2D eigenvalue weighted by Crippen LogP contribution is 2.26. The lowest BCUT2D eigenvalue weighted by Crippen LogP contribution is -2.26. The molecule has 0 aromatic heterocycles. The highest BCUT2D eigenvalue weighted by molar-refractivity contribution is 5.72. The molecule has 2 saturated heterocycles. The first-order valence-electron chi connectivity index (χ1n) is 3.26. The zero-order chi connectivity index (χ0) is 7.14. The Labute approximate surface area is 57.7 Å². The van der Waals surface area contributed by atoms with Gasteiger partial charge in [0, 0.05) is 0 Å². The lowest BCUT2D eigenvalue weighted by Gasteiger charge is -2.07. The fourth-order valence-corrected chi connectivity index (χ4v) is 1.35. The van der Waals surface area contributed by atoms with Crippen molar-refractivity contribution in [3.05, 3.63) is 0 Å². The molecule has 0 spiro atoms. The summed E-state index contributed by atoms with van der Waals surface area (Å²) >= 11 is 0. The third kappa shape index (κ3) is 0.726. The molecular formula is C6H8O4. The summed E-state index contributed by atoms with van der Waals surface area (Å²) in [6, 6.07) is 0. The van der Waals surface area contributed by atoms with E-state index in [4.69, 9.17) is 14.6 Å². The zero-order valence-corrected chi connectivity index (χ0v) is 5.32. The van der Waals surface area contributed by atoms with Crippen molar-refractivity contribution in [1.82, 2.24) is 0 Å². The van der Waals surface area contributed by atoms with Crippen molar-refractivity contribution in [2.75, 3.05) is 6.61 Å². The number of carbonyl (C=O) groups is 1. The van der Waals surface area contributed by atoms with Crippen molar-refractivity contribution < 1.29 is 19.4 Å². The third-order valence-electron chi connectivity index (χ3n) is 1.86. The second kappa shape index (κ2) is 1.93. The maximum atomic E-state index is 10.6. The van der Waals surface area contributed by atoms with Gasteiger partial charge in [-0.25, -0.2) is 0 Å². The molecule has 4 heteroatoms. The summed E-state index contributed by atoms with van der Waals surface area (Å²) in [5.41, 5.74) is 0. The van der Waals surface area contributed by atoms with Gasteiger partial charge in [-0.3, -0.25) is 4.79 Å². The largest absolute Gasteiger partial charge is 0.457 e. The standard InChI is InChI=1S/C6H8O4/c7-3-2-9-4-1-5(8)10-6(3)4/h3-4,6-7H,1-2H2. The van der Waals surface area contributed by atoms with E-state index in [9.17, 15) is 4.79 Å². The maximum absolute atomic E-state index is 10.6. The smallest absolute Gasteiger partial charge is 0.309 e. The van der Waals surface area contributed by atoms with Crippen LogP contribution in [0.4, 0.5) is 0 Å². The summed E-state index contributed by atoms with van der Waals surface area (Å²) < 4.78 is 9.85. The fourth-order valence-electron chi connectivity index (χ4n) is 1.35. The predicted octanol–water partition coefficient (Wildman–Crippen LogP) is -0.938. The van der Waals surface area contributed by atoms with Crippen molar-refractivity contribution in [2.45, 2.75) is 24.7 Å². The monoisotopic (exact) mass is 144 g/mol. The zero-order valence-electron chi connectivity index (χ0n) is 5.32. The van der Waals surface area contributed by atoms with E-state index in [0.29, 0.717) is 13.0 Å². The summed E-state index contributed by atoms with van der Waals surface area (Å²) in [4.78, 5) is 10.6. The topological polar surface area (TPSA) is 55.8 Å². The lowest BCUT2D eigenvalue weighted by molar-refractivity contribution is -0.144. The Morgan fingerprint density at radius 1 is 1.60 bits per heavy atom. The van der Waals surface area contributed by atoms with E-state index in [2.05, 4.69) is 0 Å². The van der Waals surface area contributed by atoms with Crippen molar-refractivity contribution in [3.8, 4) is 0 Å². The summed E-state index contributed by atoms with van der Waals surface area (Å²) in [6.45, 7) is 0.294. The molecular weight excluding hydrogens is 136 g/mol. The summed E-state index contributed by atoms with van der Waals surface area (Å²) in [7, 11) is 0. The molecule has 0 amide bonds. The molecule has 3 unspecified atom stereocenters. The molecule has 10 heavy (non-hydrogen) atoms. The van der Waals surface area contributed by atoms with Crippen molar-refractivity contribution in [1.29, 1.82) is 0 Å². The van der Waals surface area contributed by atoms with Gasteiger partial charge in [-0.05, 0) is 0 Å². The number of esters is 1. The first kappa shape index (κ1) is 6.12. The van der Waals surface area contributed by atoms with E-state index in [-0.39, 0.29) is 12.1 Å². The number of aliphatic hydroxyl groups is 1. The average molecular weight is 144 g/mol. The van der Waals surface area contributed by atoms with Crippen molar-refractivity contribution >= 4 is 5.97 Å².